The fourth-order valence-corrected chi connectivity index (χ4v) is 1.99. The molecule has 0 fully saturated rings. The molecular formula is C15H14N2O2. The summed E-state index contributed by atoms with van der Waals surface area (Å²) < 4.78 is 1.33. The quantitative estimate of drug-likeness (QED) is 0.841. The van der Waals surface area contributed by atoms with Crippen LogP contribution in [-0.2, 0) is 6.54 Å². The summed E-state index contributed by atoms with van der Waals surface area (Å²) in [6, 6.07) is 8.84. The number of amides is 1. The smallest absolute Gasteiger partial charge is 0.268 e. The maximum absolute atomic E-state index is 12.3. The second-order valence-corrected chi connectivity index (χ2v) is 4.07. The second-order valence-electron chi connectivity index (χ2n) is 4.07. The molecular weight excluding hydrogens is 240 g/mol. The normalized spacial score (nSPS) is 10.1. The van der Waals surface area contributed by atoms with Gasteiger partial charge in [-0.1, -0.05) is 24.1 Å². The van der Waals surface area contributed by atoms with E-state index >= 15 is 0 Å². The van der Waals surface area contributed by atoms with Crippen LogP contribution in [0.2, 0.25) is 0 Å². The number of hydrogen-bond donors (Lipinski definition) is 1. The van der Waals surface area contributed by atoms with Crippen LogP contribution in [0, 0.1) is 12.3 Å². The van der Waals surface area contributed by atoms with Gasteiger partial charge in [-0.15, -0.1) is 6.42 Å². The van der Waals surface area contributed by atoms with Crippen LogP contribution in [-0.4, -0.2) is 17.0 Å². The summed E-state index contributed by atoms with van der Waals surface area (Å²) in [7, 11) is 0. The molecule has 0 aliphatic rings. The summed E-state index contributed by atoms with van der Waals surface area (Å²) >= 11 is 0. The number of nitrogens with zero attached hydrogens (tertiary/aromatic N) is 1. The summed E-state index contributed by atoms with van der Waals surface area (Å²) in [6.45, 7) is 2.40. The van der Waals surface area contributed by atoms with E-state index in [9.17, 15) is 9.59 Å². The van der Waals surface area contributed by atoms with Crippen molar-refractivity contribution in [2.24, 2.45) is 0 Å². The first-order valence-electron chi connectivity index (χ1n) is 6.03. The molecule has 1 heterocycles. The number of rotatable bonds is 3. The predicted octanol–water partition coefficient (Wildman–Crippen LogP) is 1.38. The molecule has 4 heteroatoms. The SMILES string of the molecule is C#CCn1c(C(=O)NCC)cc2ccccc2c1=O. The third-order valence-corrected chi connectivity index (χ3v) is 2.84. The molecule has 0 aliphatic heterocycles. The number of terminal acetylenes is 1. The van der Waals surface area contributed by atoms with Gasteiger partial charge in [0.1, 0.15) is 5.69 Å². The monoisotopic (exact) mass is 254 g/mol. The average molecular weight is 254 g/mol. The maximum Gasteiger partial charge on any atom is 0.268 e. The van der Waals surface area contributed by atoms with Crippen molar-refractivity contribution >= 4 is 16.7 Å². The van der Waals surface area contributed by atoms with Crippen molar-refractivity contribution in [1.82, 2.24) is 9.88 Å². The molecule has 0 bridgehead atoms. The van der Waals surface area contributed by atoms with Crippen LogP contribution in [0.4, 0.5) is 0 Å². The van der Waals surface area contributed by atoms with E-state index in [1.807, 2.05) is 13.0 Å². The van der Waals surface area contributed by atoms with Crippen LogP contribution in [0.5, 0.6) is 0 Å². The van der Waals surface area contributed by atoms with Crippen molar-refractivity contribution in [1.29, 1.82) is 0 Å². The molecule has 1 amide bonds. The Labute approximate surface area is 111 Å². The summed E-state index contributed by atoms with van der Waals surface area (Å²) in [5.41, 5.74) is 0.0563. The Morgan fingerprint density at radius 3 is 2.84 bits per heavy atom. The van der Waals surface area contributed by atoms with Gasteiger partial charge >= 0.3 is 0 Å². The Balaban J connectivity index is 2.74. The molecule has 96 valence electrons. The van der Waals surface area contributed by atoms with Gasteiger partial charge in [-0.2, -0.15) is 0 Å². The molecule has 0 saturated carbocycles. The van der Waals surface area contributed by atoms with Crippen molar-refractivity contribution in [3.05, 3.63) is 46.4 Å². The van der Waals surface area contributed by atoms with Crippen molar-refractivity contribution in [3.8, 4) is 12.3 Å². The van der Waals surface area contributed by atoms with E-state index in [0.717, 1.165) is 5.39 Å². The Bertz CT molecular complexity index is 723. The first-order chi connectivity index (χ1) is 9.19. The highest BCUT2D eigenvalue weighted by molar-refractivity contribution is 5.96. The van der Waals surface area contributed by atoms with Gasteiger partial charge in [-0.05, 0) is 24.4 Å². The Hall–Kier alpha value is -2.54. The topological polar surface area (TPSA) is 51.1 Å². The van der Waals surface area contributed by atoms with Gasteiger partial charge in [0, 0.05) is 11.9 Å². The molecule has 4 nitrogen and oxygen atoms in total. The van der Waals surface area contributed by atoms with Crippen molar-refractivity contribution in [3.63, 3.8) is 0 Å². The average Bonchev–Trinajstić information content (AvgIpc) is 2.42. The van der Waals surface area contributed by atoms with Crippen molar-refractivity contribution in [2.75, 3.05) is 6.54 Å². The van der Waals surface area contributed by atoms with E-state index in [-0.39, 0.29) is 18.0 Å². The molecule has 1 aromatic heterocycles. The predicted molar refractivity (Wildman–Crippen MR) is 75.0 cm³/mol. The van der Waals surface area contributed by atoms with Crippen LogP contribution in [0.3, 0.4) is 0 Å². The van der Waals surface area contributed by atoms with Gasteiger partial charge in [0.2, 0.25) is 0 Å². The molecule has 0 aliphatic carbocycles. The summed E-state index contributed by atoms with van der Waals surface area (Å²) in [5.74, 6) is 2.12. The summed E-state index contributed by atoms with van der Waals surface area (Å²) in [6.07, 6.45) is 5.28. The van der Waals surface area contributed by atoms with Gasteiger partial charge in [-0.3, -0.25) is 14.2 Å². The van der Waals surface area contributed by atoms with Crippen LogP contribution in [0.1, 0.15) is 17.4 Å². The zero-order valence-electron chi connectivity index (χ0n) is 10.6. The lowest BCUT2D eigenvalue weighted by Crippen LogP contribution is -2.32. The molecule has 2 rings (SSSR count). The minimum absolute atomic E-state index is 0.0795. The molecule has 0 atom stereocenters. The molecule has 0 spiro atoms. The number of carbonyl (C=O) groups excluding carboxylic acids is 1. The lowest BCUT2D eigenvalue weighted by molar-refractivity contribution is 0.0946. The Morgan fingerprint density at radius 2 is 2.16 bits per heavy atom. The molecule has 2 aromatic rings. The number of pyridine rings is 1. The lowest BCUT2D eigenvalue weighted by atomic mass is 10.1. The van der Waals surface area contributed by atoms with E-state index in [1.54, 1.807) is 24.3 Å². The van der Waals surface area contributed by atoms with E-state index in [1.165, 1.54) is 4.57 Å². The number of benzene rings is 1. The molecule has 19 heavy (non-hydrogen) atoms. The van der Waals surface area contributed by atoms with Gasteiger partial charge in [0.05, 0.1) is 6.54 Å². The van der Waals surface area contributed by atoms with Crippen LogP contribution < -0.4 is 10.9 Å². The number of aromatic nitrogens is 1. The first-order valence-corrected chi connectivity index (χ1v) is 6.03. The minimum atomic E-state index is -0.291. The number of carbonyl (C=O) groups is 1. The number of fused-ring (bicyclic) bond motifs is 1. The zero-order valence-corrected chi connectivity index (χ0v) is 10.6. The van der Waals surface area contributed by atoms with Gasteiger partial charge in [-0.25, -0.2) is 0 Å². The minimum Gasteiger partial charge on any atom is -0.351 e. The third-order valence-electron chi connectivity index (χ3n) is 2.84. The van der Waals surface area contributed by atoms with Crippen LogP contribution in [0.25, 0.3) is 10.8 Å². The molecule has 1 N–H and O–H groups in total. The number of hydrogen-bond acceptors (Lipinski definition) is 2. The molecule has 0 saturated heterocycles. The van der Waals surface area contributed by atoms with Crippen molar-refractivity contribution < 1.29 is 4.79 Å². The van der Waals surface area contributed by atoms with Gasteiger partial charge in [0.15, 0.2) is 0 Å². The van der Waals surface area contributed by atoms with Crippen LogP contribution >= 0.6 is 0 Å². The zero-order chi connectivity index (χ0) is 13.8. The first kappa shape index (κ1) is 12.9. The highest BCUT2D eigenvalue weighted by Gasteiger charge is 2.13. The van der Waals surface area contributed by atoms with Crippen molar-refractivity contribution in [2.45, 2.75) is 13.5 Å². The molecule has 0 radical (unpaired) electrons. The Morgan fingerprint density at radius 1 is 1.42 bits per heavy atom. The fraction of sp³-hybridized carbons (Fsp3) is 0.200. The fourth-order valence-electron chi connectivity index (χ4n) is 1.99. The summed E-state index contributed by atoms with van der Waals surface area (Å²) in [5, 5.41) is 3.98. The lowest BCUT2D eigenvalue weighted by Gasteiger charge is -2.11. The maximum atomic E-state index is 12.3. The van der Waals surface area contributed by atoms with Crippen LogP contribution in [0.15, 0.2) is 35.1 Å². The van der Waals surface area contributed by atoms with E-state index < -0.39 is 0 Å². The largest absolute Gasteiger partial charge is 0.351 e. The molecule has 0 unspecified atom stereocenters. The third kappa shape index (κ3) is 2.36. The van der Waals surface area contributed by atoms with E-state index in [4.69, 9.17) is 6.42 Å². The highest BCUT2D eigenvalue weighted by atomic mass is 16.2. The highest BCUT2D eigenvalue weighted by Crippen LogP contribution is 2.12. The van der Waals surface area contributed by atoms with Gasteiger partial charge < -0.3 is 5.32 Å². The summed E-state index contributed by atoms with van der Waals surface area (Å²) in [4.78, 5) is 24.3. The second kappa shape index (κ2) is 5.40. The Kier molecular flexibility index (Phi) is 3.67. The standard InChI is InChI=1S/C15H14N2O2/c1-3-9-17-13(14(18)16-4-2)10-11-7-5-6-8-12(11)15(17)19/h1,5-8,10H,4,9H2,2H3,(H,16,18). The van der Waals surface area contributed by atoms with E-state index in [0.29, 0.717) is 17.6 Å². The number of nitrogens with one attached hydrogen (secondary N) is 1. The van der Waals surface area contributed by atoms with E-state index in [2.05, 4.69) is 11.2 Å². The molecule has 1 aromatic carbocycles. The van der Waals surface area contributed by atoms with Gasteiger partial charge in [0.25, 0.3) is 11.5 Å².